The number of benzene rings is 2. The summed E-state index contributed by atoms with van der Waals surface area (Å²) < 4.78 is 19.7. The van der Waals surface area contributed by atoms with Crippen molar-refractivity contribution in [3.8, 4) is 11.5 Å². The summed E-state index contributed by atoms with van der Waals surface area (Å²) in [6.45, 7) is 1.52. The Bertz CT molecular complexity index is 691. The molecule has 110 valence electrons. The van der Waals surface area contributed by atoms with E-state index in [1.165, 1.54) is 37.3 Å². The molecule has 7 heteroatoms. The normalized spacial score (nSPS) is 12.0. The van der Waals surface area contributed by atoms with Crippen LogP contribution in [0.15, 0.2) is 40.9 Å². The van der Waals surface area contributed by atoms with Gasteiger partial charge in [-0.1, -0.05) is 22.0 Å². The Labute approximate surface area is 128 Å². The molecule has 21 heavy (non-hydrogen) atoms. The van der Waals surface area contributed by atoms with Crippen LogP contribution in [0.2, 0.25) is 0 Å². The number of aliphatic hydroxyl groups excluding tert-OH is 1. The molecular weight excluding hydrogens is 345 g/mol. The van der Waals surface area contributed by atoms with Gasteiger partial charge in [0.15, 0.2) is 11.6 Å². The van der Waals surface area contributed by atoms with Gasteiger partial charge in [-0.25, -0.2) is 4.39 Å². The second kappa shape index (κ2) is 6.19. The largest absolute Gasteiger partial charge is 0.454 e. The minimum atomic E-state index is -0.791. The van der Waals surface area contributed by atoms with Crippen LogP contribution >= 0.6 is 15.9 Å². The highest BCUT2D eigenvalue weighted by Gasteiger charge is 2.13. The first-order valence-electron chi connectivity index (χ1n) is 5.97. The molecule has 2 aromatic carbocycles. The third kappa shape index (κ3) is 3.77. The minimum Gasteiger partial charge on any atom is -0.454 e. The topological polar surface area (TPSA) is 72.6 Å². The van der Waals surface area contributed by atoms with Crippen LogP contribution in [-0.4, -0.2) is 10.0 Å². The molecule has 0 aliphatic heterocycles. The molecule has 0 fully saturated rings. The van der Waals surface area contributed by atoms with Crippen LogP contribution in [0.3, 0.4) is 0 Å². The molecule has 1 N–H and O–H groups in total. The third-order valence-corrected chi connectivity index (χ3v) is 3.19. The van der Waals surface area contributed by atoms with E-state index in [2.05, 4.69) is 15.9 Å². The van der Waals surface area contributed by atoms with Crippen LogP contribution < -0.4 is 4.74 Å². The number of hydrogen-bond acceptors (Lipinski definition) is 4. The van der Waals surface area contributed by atoms with Gasteiger partial charge in [0.2, 0.25) is 0 Å². The van der Waals surface area contributed by atoms with Crippen LogP contribution in [-0.2, 0) is 0 Å². The fourth-order valence-corrected chi connectivity index (χ4v) is 2.16. The lowest BCUT2D eigenvalue weighted by Gasteiger charge is -2.10. The molecule has 0 saturated carbocycles. The first-order valence-corrected chi connectivity index (χ1v) is 6.76. The molecule has 2 rings (SSSR count). The zero-order valence-electron chi connectivity index (χ0n) is 10.9. The van der Waals surface area contributed by atoms with Gasteiger partial charge in [-0.15, -0.1) is 0 Å². The lowest BCUT2D eigenvalue weighted by atomic mass is 10.1. The number of ether oxygens (including phenoxy) is 1. The van der Waals surface area contributed by atoms with Crippen molar-refractivity contribution in [2.45, 2.75) is 13.0 Å². The highest BCUT2D eigenvalue weighted by atomic mass is 79.9. The van der Waals surface area contributed by atoms with Gasteiger partial charge in [-0.05, 0) is 30.7 Å². The molecule has 0 saturated heterocycles. The smallest absolute Gasteiger partial charge is 0.274 e. The lowest BCUT2D eigenvalue weighted by Crippen LogP contribution is -1.95. The first kappa shape index (κ1) is 15.4. The molecule has 0 aromatic heterocycles. The van der Waals surface area contributed by atoms with E-state index in [1.807, 2.05) is 0 Å². The van der Waals surface area contributed by atoms with Gasteiger partial charge in [0.1, 0.15) is 5.75 Å². The second-order valence-electron chi connectivity index (χ2n) is 4.37. The molecule has 0 spiro atoms. The van der Waals surface area contributed by atoms with Crippen molar-refractivity contribution in [2.24, 2.45) is 0 Å². The van der Waals surface area contributed by atoms with E-state index in [0.29, 0.717) is 10.0 Å². The van der Waals surface area contributed by atoms with Crippen molar-refractivity contribution in [1.82, 2.24) is 0 Å². The number of halogens is 2. The maximum Gasteiger partial charge on any atom is 0.274 e. The Morgan fingerprint density at radius 2 is 2.05 bits per heavy atom. The van der Waals surface area contributed by atoms with E-state index in [4.69, 9.17) is 4.74 Å². The zero-order chi connectivity index (χ0) is 15.6. The Kier molecular flexibility index (Phi) is 4.54. The summed E-state index contributed by atoms with van der Waals surface area (Å²) in [6, 6.07) is 8.06. The summed E-state index contributed by atoms with van der Waals surface area (Å²) in [5.74, 6) is -0.595. The third-order valence-electron chi connectivity index (χ3n) is 2.73. The van der Waals surface area contributed by atoms with Crippen molar-refractivity contribution < 1.29 is 19.2 Å². The lowest BCUT2D eigenvalue weighted by molar-refractivity contribution is -0.385. The van der Waals surface area contributed by atoms with E-state index in [0.717, 1.165) is 6.07 Å². The van der Waals surface area contributed by atoms with Gasteiger partial charge in [-0.3, -0.25) is 10.1 Å². The van der Waals surface area contributed by atoms with Crippen molar-refractivity contribution >= 4 is 21.6 Å². The van der Waals surface area contributed by atoms with Crippen LogP contribution in [0.5, 0.6) is 11.5 Å². The van der Waals surface area contributed by atoms with E-state index in [9.17, 15) is 19.6 Å². The van der Waals surface area contributed by atoms with Crippen molar-refractivity contribution in [3.05, 3.63) is 62.4 Å². The number of hydrogen-bond donors (Lipinski definition) is 1. The van der Waals surface area contributed by atoms with Crippen molar-refractivity contribution in [1.29, 1.82) is 0 Å². The average molecular weight is 356 g/mol. The highest BCUT2D eigenvalue weighted by Crippen LogP contribution is 2.31. The zero-order valence-corrected chi connectivity index (χ0v) is 12.5. The number of nitro benzene ring substituents is 1. The summed E-state index contributed by atoms with van der Waals surface area (Å²) in [5, 5.41) is 20.1. The summed E-state index contributed by atoms with van der Waals surface area (Å²) in [6.07, 6.45) is -0.791. The quantitative estimate of drug-likeness (QED) is 0.653. The van der Waals surface area contributed by atoms with E-state index in [1.54, 1.807) is 0 Å². The van der Waals surface area contributed by atoms with Crippen LogP contribution in [0.25, 0.3) is 0 Å². The summed E-state index contributed by atoms with van der Waals surface area (Å²) in [4.78, 5) is 10.2. The summed E-state index contributed by atoms with van der Waals surface area (Å²) in [7, 11) is 0. The fraction of sp³-hybridized carbons (Fsp3) is 0.143. The Balaban J connectivity index is 2.32. The molecule has 0 unspecified atom stereocenters. The number of rotatable bonds is 4. The fourth-order valence-electron chi connectivity index (χ4n) is 1.70. The second-order valence-corrected chi connectivity index (χ2v) is 5.29. The van der Waals surface area contributed by atoms with Crippen LogP contribution in [0.1, 0.15) is 18.6 Å². The van der Waals surface area contributed by atoms with E-state index >= 15 is 0 Å². The average Bonchev–Trinajstić information content (AvgIpc) is 2.40. The van der Waals surface area contributed by atoms with E-state index in [-0.39, 0.29) is 17.2 Å². The molecule has 0 bridgehead atoms. The number of non-ortho nitro benzene ring substituents is 1. The van der Waals surface area contributed by atoms with Gasteiger partial charge in [0.25, 0.3) is 5.69 Å². The molecular formula is C14H11BrFNO4. The number of nitro groups is 1. The number of aliphatic hydroxyl groups is 1. The predicted molar refractivity (Wildman–Crippen MR) is 77.9 cm³/mol. The van der Waals surface area contributed by atoms with Crippen molar-refractivity contribution in [3.63, 3.8) is 0 Å². The van der Waals surface area contributed by atoms with Gasteiger partial charge >= 0.3 is 0 Å². The van der Waals surface area contributed by atoms with Crippen molar-refractivity contribution in [2.75, 3.05) is 0 Å². The molecule has 2 aromatic rings. The molecule has 5 nitrogen and oxygen atoms in total. The maximum absolute atomic E-state index is 13.9. The molecule has 1 atom stereocenters. The Hall–Kier alpha value is -1.99. The maximum atomic E-state index is 13.9. The molecule has 0 aliphatic rings. The molecule has 0 heterocycles. The first-order chi connectivity index (χ1) is 9.86. The van der Waals surface area contributed by atoms with Gasteiger partial charge in [0, 0.05) is 10.5 Å². The summed E-state index contributed by atoms with van der Waals surface area (Å²) >= 11 is 3.13. The monoisotopic (exact) mass is 355 g/mol. The SMILES string of the molecule is C[C@@H](O)c1ccc(Oc2cc(Br)cc([N+](=O)[O-])c2)c(F)c1. The van der Waals surface area contributed by atoms with Gasteiger partial charge in [0.05, 0.1) is 17.1 Å². The molecule has 0 amide bonds. The van der Waals surface area contributed by atoms with E-state index < -0.39 is 16.8 Å². The van der Waals surface area contributed by atoms with Gasteiger partial charge in [-0.2, -0.15) is 0 Å². The Morgan fingerprint density at radius 1 is 1.33 bits per heavy atom. The van der Waals surface area contributed by atoms with Crippen LogP contribution in [0, 0.1) is 15.9 Å². The predicted octanol–water partition coefficient (Wildman–Crippen LogP) is 4.34. The molecule has 0 aliphatic carbocycles. The number of nitrogens with zero attached hydrogens (tertiary/aromatic N) is 1. The summed E-state index contributed by atoms with van der Waals surface area (Å²) in [5.41, 5.74) is 0.250. The molecule has 0 radical (unpaired) electrons. The highest BCUT2D eigenvalue weighted by molar-refractivity contribution is 9.10. The van der Waals surface area contributed by atoms with Crippen LogP contribution in [0.4, 0.5) is 10.1 Å². The van der Waals surface area contributed by atoms with Gasteiger partial charge < -0.3 is 9.84 Å². The Morgan fingerprint density at radius 3 is 2.62 bits per heavy atom. The standard InChI is InChI=1S/C14H11BrFNO4/c1-8(18)9-2-3-14(13(16)4-9)21-12-6-10(15)5-11(7-12)17(19)20/h2-8,18H,1H3/t8-/m1/s1. The minimum absolute atomic E-state index is 0.0770.